The quantitative estimate of drug-likeness (QED) is 0.161. The Kier molecular flexibility index (Phi) is 10.2. The summed E-state index contributed by atoms with van der Waals surface area (Å²) in [5, 5.41) is 5.21. The largest absolute Gasteiger partial charge is 0.371 e. The highest BCUT2D eigenvalue weighted by atomic mass is 16.2. The topological polar surface area (TPSA) is 157 Å². The van der Waals surface area contributed by atoms with Crippen LogP contribution in [0.15, 0.2) is 42.5 Å². The molecule has 12 nitrogen and oxygen atoms in total. The number of fused-ring (bicyclic) bond motifs is 1. The van der Waals surface area contributed by atoms with Crippen molar-refractivity contribution in [1.82, 2.24) is 26.4 Å². The van der Waals surface area contributed by atoms with Crippen molar-refractivity contribution < 1.29 is 28.8 Å². The van der Waals surface area contributed by atoms with Gasteiger partial charge in [-0.05, 0) is 61.6 Å². The van der Waals surface area contributed by atoms with Gasteiger partial charge in [0.25, 0.3) is 17.7 Å². The normalized spacial score (nSPS) is 18.6. The van der Waals surface area contributed by atoms with Crippen molar-refractivity contribution in [2.75, 3.05) is 24.5 Å². The van der Waals surface area contributed by atoms with Crippen molar-refractivity contribution in [3.05, 3.63) is 64.7 Å². The van der Waals surface area contributed by atoms with Gasteiger partial charge in [0.1, 0.15) is 6.04 Å². The zero-order valence-electron chi connectivity index (χ0n) is 25.5. The number of unbranched alkanes of at least 4 members (excludes halogenated alkanes) is 3. The van der Waals surface area contributed by atoms with Crippen LogP contribution in [0.3, 0.4) is 0 Å². The predicted octanol–water partition coefficient (Wildman–Crippen LogP) is 2.44. The standard InChI is InChI=1S/C33H40N6O6/c1-2-3-4-5-16-35-37-30(42)22-8-6-21(7-9-22)20-34-29(41)23-14-17-38(18-15-23)24-10-11-25-26(19-24)33(45)39(32(25)44)27-12-13-28(40)36-31(27)43/h6-11,19,23,27,35H,2-5,12-18,20H2,1H3,(H,34,41)(H,37,42)(H,36,40,43). The summed E-state index contributed by atoms with van der Waals surface area (Å²) in [5.41, 5.74) is 8.38. The number of hydrogen-bond donors (Lipinski definition) is 4. The van der Waals surface area contributed by atoms with E-state index in [9.17, 15) is 28.8 Å². The van der Waals surface area contributed by atoms with E-state index in [2.05, 4.69) is 33.3 Å². The molecule has 3 heterocycles. The lowest BCUT2D eigenvalue weighted by Crippen LogP contribution is -2.54. The van der Waals surface area contributed by atoms with Gasteiger partial charge < -0.3 is 10.2 Å². The number of carbonyl (C=O) groups is 6. The Hall–Kier alpha value is -4.58. The number of benzene rings is 2. The molecule has 5 rings (SSSR count). The molecule has 12 heteroatoms. The molecule has 2 aromatic rings. The van der Waals surface area contributed by atoms with Gasteiger partial charge in [-0.2, -0.15) is 0 Å². The summed E-state index contributed by atoms with van der Waals surface area (Å²) in [6.07, 6.45) is 5.93. The van der Waals surface area contributed by atoms with E-state index in [1.807, 2.05) is 12.1 Å². The minimum atomic E-state index is -1.00. The van der Waals surface area contributed by atoms with Crippen LogP contribution in [0.1, 0.15) is 94.9 Å². The molecular formula is C33H40N6O6. The van der Waals surface area contributed by atoms with Crippen molar-refractivity contribution in [1.29, 1.82) is 0 Å². The van der Waals surface area contributed by atoms with Crippen molar-refractivity contribution >= 4 is 41.1 Å². The minimum Gasteiger partial charge on any atom is -0.371 e. The maximum Gasteiger partial charge on any atom is 0.265 e. The van der Waals surface area contributed by atoms with Gasteiger partial charge in [0, 0.05) is 49.8 Å². The van der Waals surface area contributed by atoms with Crippen molar-refractivity contribution in [2.45, 2.75) is 70.9 Å². The van der Waals surface area contributed by atoms with Gasteiger partial charge in [0.2, 0.25) is 17.7 Å². The van der Waals surface area contributed by atoms with Crippen LogP contribution in [0.4, 0.5) is 5.69 Å². The molecule has 0 radical (unpaired) electrons. The minimum absolute atomic E-state index is 0.0293. The van der Waals surface area contributed by atoms with Crippen LogP contribution < -0.4 is 26.4 Å². The molecule has 0 spiro atoms. The summed E-state index contributed by atoms with van der Waals surface area (Å²) in [6, 6.07) is 11.2. The van der Waals surface area contributed by atoms with E-state index in [4.69, 9.17) is 0 Å². The molecule has 238 valence electrons. The van der Waals surface area contributed by atoms with E-state index in [0.717, 1.165) is 35.5 Å². The molecule has 2 saturated heterocycles. The number of hydrazine groups is 1. The van der Waals surface area contributed by atoms with Crippen LogP contribution in [0, 0.1) is 5.92 Å². The van der Waals surface area contributed by atoms with E-state index in [-0.39, 0.29) is 41.7 Å². The highest BCUT2D eigenvalue weighted by Crippen LogP contribution is 2.32. The fraction of sp³-hybridized carbons (Fsp3) is 0.455. The molecule has 2 aromatic carbocycles. The zero-order chi connectivity index (χ0) is 31.9. The van der Waals surface area contributed by atoms with Crippen molar-refractivity contribution in [3.63, 3.8) is 0 Å². The van der Waals surface area contributed by atoms with E-state index < -0.39 is 29.7 Å². The fourth-order valence-corrected chi connectivity index (χ4v) is 6.02. The predicted molar refractivity (Wildman–Crippen MR) is 166 cm³/mol. The van der Waals surface area contributed by atoms with E-state index in [1.54, 1.807) is 30.3 Å². The highest BCUT2D eigenvalue weighted by Gasteiger charge is 2.44. The first kappa shape index (κ1) is 31.8. The molecule has 1 unspecified atom stereocenters. The van der Waals surface area contributed by atoms with Gasteiger partial charge in [0.15, 0.2) is 0 Å². The van der Waals surface area contributed by atoms with Crippen LogP contribution in [-0.4, -0.2) is 66.0 Å². The summed E-state index contributed by atoms with van der Waals surface area (Å²) < 4.78 is 0. The van der Waals surface area contributed by atoms with Gasteiger partial charge >= 0.3 is 0 Å². The number of rotatable bonds is 12. The van der Waals surface area contributed by atoms with Crippen LogP contribution in [0.25, 0.3) is 0 Å². The number of nitrogens with zero attached hydrogens (tertiary/aromatic N) is 2. The molecule has 3 aliphatic rings. The number of nitrogens with one attached hydrogen (secondary N) is 4. The van der Waals surface area contributed by atoms with Gasteiger partial charge in [-0.1, -0.05) is 38.3 Å². The Morgan fingerprint density at radius 3 is 2.33 bits per heavy atom. The average Bonchev–Trinajstić information content (AvgIpc) is 3.30. The number of carbonyl (C=O) groups excluding carboxylic acids is 6. The third-order valence-electron chi connectivity index (χ3n) is 8.69. The molecule has 0 saturated carbocycles. The number of anilines is 1. The molecule has 0 bridgehead atoms. The molecule has 45 heavy (non-hydrogen) atoms. The second-order valence-corrected chi connectivity index (χ2v) is 11.8. The van der Waals surface area contributed by atoms with Gasteiger partial charge in [-0.25, -0.2) is 5.43 Å². The van der Waals surface area contributed by atoms with E-state index in [0.29, 0.717) is 38.0 Å². The highest BCUT2D eigenvalue weighted by molar-refractivity contribution is 6.23. The van der Waals surface area contributed by atoms with Crippen LogP contribution in [0.2, 0.25) is 0 Å². The lowest BCUT2D eigenvalue weighted by atomic mass is 9.95. The third kappa shape index (κ3) is 7.39. The molecule has 2 fully saturated rings. The van der Waals surface area contributed by atoms with Crippen LogP contribution in [0.5, 0.6) is 0 Å². The lowest BCUT2D eigenvalue weighted by molar-refractivity contribution is -0.136. The summed E-state index contributed by atoms with van der Waals surface area (Å²) in [4.78, 5) is 78.3. The number of piperidine rings is 2. The Morgan fingerprint density at radius 1 is 0.889 bits per heavy atom. The van der Waals surface area contributed by atoms with Crippen molar-refractivity contribution in [2.24, 2.45) is 5.92 Å². The summed E-state index contributed by atoms with van der Waals surface area (Å²) in [7, 11) is 0. The second kappa shape index (κ2) is 14.5. The molecule has 0 aromatic heterocycles. The maximum absolute atomic E-state index is 13.2. The van der Waals surface area contributed by atoms with Gasteiger partial charge in [0.05, 0.1) is 11.1 Å². The Morgan fingerprint density at radius 2 is 1.62 bits per heavy atom. The molecule has 0 aliphatic carbocycles. The SMILES string of the molecule is CCCCCCNNC(=O)c1ccc(CNC(=O)C2CCN(c3ccc4c(c3)C(=O)N(C3CCC(=O)NC3=O)C4=O)CC2)cc1. The molecule has 6 amide bonds. The first-order valence-electron chi connectivity index (χ1n) is 15.8. The Bertz CT molecular complexity index is 1470. The summed E-state index contributed by atoms with van der Waals surface area (Å²) >= 11 is 0. The summed E-state index contributed by atoms with van der Waals surface area (Å²) in [5.74, 6) is -2.50. The molecule has 4 N–H and O–H groups in total. The van der Waals surface area contributed by atoms with Crippen LogP contribution >= 0.6 is 0 Å². The summed E-state index contributed by atoms with van der Waals surface area (Å²) in [6.45, 7) is 4.46. The number of hydrogen-bond acceptors (Lipinski definition) is 8. The monoisotopic (exact) mass is 616 g/mol. The lowest BCUT2D eigenvalue weighted by Gasteiger charge is -2.33. The smallest absolute Gasteiger partial charge is 0.265 e. The average molecular weight is 617 g/mol. The van der Waals surface area contributed by atoms with E-state index >= 15 is 0 Å². The molecule has 1 atom stereocenters. The van der Waals surface area contributed by atoms with Gasteiger partial charge in [-0.3, -0.25) is 44.4 Å². The number of imide groups is 2. The first-order valence-corrected chi connectivity index (χ1v) is 15.8. The van der Waals surface area contributed by atoms with Crippen molar-refractivity contribution in [3.8, 4) is 0 Å². The van der Waals surface area contributed by atoms with Gasteiger partial charge in [-0.15, -0.1) is 0 Å². The first-order chi connectivity index (χ1) is 21.8. The zero-order valence-corrected chi connectivity index (χ0v) is 25.5. The third-order valence-corrected chi connectivity index (χ3v) is 8.69. The molecular weight excluding hydrogens is 576 g/mol. The van der Waals surface area contributed by atoms with Crippen LogP contribution in [-0.2, 0) is 20.9 Å². The number of amides is 6. The van der Waals surface area contributed by atoms with E-state index in [1.165, 1.54) is 12.8 Å². The Balaban J connectivity index is 1.08. The maximum atomic E-state index is 13.2. The second-order valence-electron chi connectivity index (χ2n) is 11.8. The Labute approximate surface area is 262 Å². The fourth-order valence-electron chi connectivity index (χ4n) is 6.02. The molecule has 3 aliphatic heterocycles.